The molecule has 3 heterocycles. The molecular weight excluding hydrogens is 456 g/mol. The zero-order valence-electron chi connectivity index (χ0n) is 20.1. The molecule has 0 saturated carbocycles. The average Bonchev–Trinajstić information content (AvgIpc) is 3.54. The summed E-state index contributed by atoms with van der Waals surface area (Å²) < 4.78 is 1.73. The standard InChI is InChI=1S/C25H26N10O/c1-34(2)12-4-11-26-25(36)18-9-7-17(8-10-18)13-31-33-23-19-14-32-35(24(19)30-16-29-23)21-6-3-5-20-22(21)28-15-27-20/h3,5-10,14-16H,4,11-13H2,1-2H3,(H,26,36)(H,27,28). The van der Waals surface area contributed by atoms with E-state index in [0.29, 0.717) is 35.5 Å². The monoisotopic (exact) mass is 482 g/mol. The summed E-state index contributed by atoms with van der Waals surface area (Å²) in [6.45, 7) is 1.94. The highest BCUT2D eigenvalue weighted by Gasteiger charge is 2.14. The minimum Gasteiger partial charge on any atom is -0.352 e. The van der Waals surface area contributed by atoms with E-state index in [0.717, 1.165) is 35.2 Å². The molecule has 0 bridgehead atoms. The Bertz CT molecular complexity index is 1520. The van der Waals surface area contributed by atoms with Crippen LogP contribution < -0.4 is 5.32 Å². The first-order valence-electron chi connectivity index (χ1n) is 11.6. The average molecular weight is 483 g/mol. The van der Waals surface area contributed by atoms with Crippen molar-refractivity contribution >= 4 is 33.8 Å². The third kappa shape index (κ3) is 4.96. The van der Waals surface area contributed by atoms with Crippen LogP contribution in [0.2, 0.25) is 0 Å². The number of aromatic nitrogens is 6. The number of azo groups is 1. The molecule has 11 heteroatoms. The maximum atomic E-state index is 12.3. The zero-order valence-corrected chi connectivity index (χ0v) is 20.1. The molecule has 5 rings (SSSR count). The topological polar surface area (TPSA) is 129 Å². The lowest BCUT2D eigenvalue weighted by atomic mass is 10.1. The Kier molecular flexibility index (Phi) is 6.72. The van der Waals surface area contributed by atoms with E-state index in [9.17, 15) is 4.79 Å². The molecule has 3 aromatic heterocycles. The molecule has 36 heavy (non-hydrogen) atoms. The molecule has 0 aliphatic carbocycles. The van der Waals surface area contributed by atoms with Crippen molar-refractivity contribution in [3.63, 3.8) is 0 Å². The van der Waals surface area contributed by atoms with Gasteiger partial charge < -0.3 is 15.2 Å². The number of fused-ring (bicyclic) bond motifs is 2. The number of carbonyl (C=O) groups excluding carboxylic acids is 1. The third-order valence-corrected chi connectivity index (χ3v) is 5.70. The van der Waals surface area contributed by atoms with Crippen LogP contribution in [0.25, 0.3) is 27.8 Å². The molecular formula is C25H26N10O. The Morgan fingerprint density at radius 3 is 2.81 bits per heavy atom. The van der Waals surface area contributed by atoms with E-state index in [-0.39, 0.29) is 5.91 Å². The Morgan fingerprint density at radius 1 is 1.11 bits per heavy atom. The number of carbonyl (C=O) groups is 1. The number of para-hydroxylation sites is 1. The fourth-order valence-corrected chi connectivity index (χ4v) is 3.85. The summed E-state index contributed by atoms with van der Waals surface area (Å²) in [6.07, 6.45) is 5.69. The molecule has 0 aliphatic rings. The van der Waals surface area contributed by atoms with Crippen molar-refractivity contribution in [2.45, 2.75) is 13.0 Å². The van der Waals surface area contributed by atoms with Crippen molar-refractivity contribution in [3.05, 3.63) is 72.4 Å². The lowest BCUT2D eigenvalue weighted by Gasteiger charge is -2.10. The number of rotatable bonds is 9. The number of hydrogen-bond acceptors (Lipinski definition) is 8. The number of H-pyrrole nitrogens is 1. The van der Waals surface area contributed by atoms with Crippen LogP contribution in [0.1, 0.15) is 22.3 Å². The van der Waals surface area contributed by atoms with Gasteiger partial charge in [-0.2, -0.15) is 10.2 Å². The summed E-state index contributed by atoms with van der Waals surface area (Å²) in [4.78, 5) is 30.6. The van der Waals surface area contributed by atoms with Crippen LogP contribution in [0.3, 0.4) is 0 Å². The second kappa shape index (κ2) is 10.4. The van der Waals surface area contributed by atoms with Crippen LogP contribution in [0.4, 0.5) is 5.82 Å². The van der Waals surface area contributed by atoms with Crippen molar-refractivity contribution < 1.29 is 4.79 Å². The van der Waals surface area contributed by atoms with Gasteiger partial charge in [-0.3, -0.25) is 4.79 Å². The lowest BCUT2D eigenvalue weighted by Crippen LogP contribution is -2.27. The zero-order chi connectivity index (χ0) is 24.9. The minimum absolute atomic E-state index is 0.0761. The van der Waals surface area contributed by atoms with E-state index in [1.54, 1.807) is 29.3 Å². The van der Waals surface area contributed by atoms with E-state index in [4.69, 9.17) is 0 Å². The SMILES string of the molecule is CN(C)CCCNC(=O)c1ccc(CN=Nc2ncnc3c2cnn3-c2cccc3[nH]cnc23)cc1. The van der Waals surface area contributed by atoms with Crippen molar-refractivity contribution in [1.82, 2.24) is 39.9 Å². The lowest BCUT2D eigenvalue weighted by molar-refractivity contribution is 0.0952. The minimum atomic E-state index is -0.0761. The van der Waals surface area contributed by atoms with E-state index in [1.165, 1.54) is 6.33 Å². The molecule has 5 aromatic rings. The summed E-state index contributed by atoms with van der Waals surface area (Å²) >= 11 is 0. The first kappa shape index (κ1) is 23.2. The second-order valence-electron chi connectivity index (χ2n) is 8.58. The number of imidazole rings is 1. The van der Waals surface area contributed by atoms with Crippen molar-refractivity contribution in [2.24, 2.45) is 10.2 Å². The number of aromatic amines is 1. The van der Waals surface area contributed by atoms with Crippen LogP contribution >= 0.6 is 0 Å². The van der Waals surface area contributed by atoms with E-state index in [2.05, 4.69) is 45.5 Å². The maximum absolute atomic E-state index is 12.3. The summed E-state index contributed by atoms with van der Waals surface area (Å²) in [5, 5.41) is 16.8. The number of nitrogens with one attached hydrogen (secondary N) is 2. The van der Waals surface area contributed by atoms with Crippen molar-refractivity contribution in [3.8, 4) is 5.69 Å². The van der Waals surface area contributed by atoms with Crippen LogP contribution in [0.5, 0.6) is 0 Å². The van der Waals surface area contributed by atoms with Gasteiger partial charge in [0.2, 0.25) is 0 Å². The van der Waals surface area contributed by atoms with Crippen LogP contribution in [0.15, 0.2) is 71.5 Å². The summed E-state index contributed by atoms with van der Waals surface area (Å²) in [5.41, 5.74) is 4.71. The van der Waals surface area contributed by atoms with Gasteiger partial charge in [-0.05, 0) is 56.9 Å². The molecule has 11 nitrogen and oxygen atoms in total. The van der Waals surface area contributed by atoms with Gasteiger partial charge in [-0.1, -0.05) is 18.2 Å². The molecule has 0 unspecified atom stereocenters. The normalized spacial score (nSPS) is 11.8. The molecule has 182 valence electrons. The largest absolute Gasteiger partial charge is 0.352 e. The first-order chi connectivity index (χ1) is 17.6. The summed E-state index contributed by atoms with van der Waals surface area (Å²) in [5.74, 6) is 0.363. The molecule has 2 aromatic carbocycles. The van der Waals surface area contributed by atoms with Crippen molar-refractivity contribution in [1.29, 1.82) is 0 Å². The highest BCUT2D eigenvalue weighted by Crippen LogP contribution is 2.26. The first-order valence-corrected chi connectivity index (χ1v) is 11.6. The van der Waals surface area contributed by atoms with Gasteiger partial charge in [0, 0.05) is 12.1 Å². The fourth-order valence-electron chi connectivity index (χ4n) is 3.85. The Morgan fingerprint density at radius 2 is 1.97 bits per heavy atom. The van der Waals surface area contributed by atoms with Crippen LogP contribution in [0, 0.1) is 0 Å². The number of nitrogens with zero attached hydrogens (tertiary/aromatic N) is 8. The Balaban J connectivity index is 1.26. The molecule has 0 spiro atoms. The van der Waals surface area contributed by atoms with Gasteiger partial charge in [-0.25, -0.2) is 19.6 Å². The molecule has 1 amide bonds. The van der Waals surface area contributed by atoms with Crippen LogP contribution in [-0.2, 0) is 6.54 Å². The van der Waals surface area contributed by atoms with Crippen molar-refractivity contribution in [2.75, 3.05) is 27.2 Å². The predicted octanol–water partition coefficient (Wildman–Crippen LogP) is 3.66. The Labute approximate surface area is 207 Å². The maximum Gasteiger partial charge on any atom is 0.251 e. The third-order valence-electron chi connectivity index (χ3n) is 5.70. The van der Waals surface area contributed by atoms with Gasteiger partial charge in [0.15, 0.2) is 11.5 Å². The smallest absolute Gasteiger partial charge is 0.251 e. The number of benzene rings is 2. The molecule has 0 saturated heterocycles. The molecule has 0 fully saturated rings. The quantitative estimate of drug-likeness (QED) is 0.244. The summed E-state index contributed by atoms with van der Waals surface area (Å²) in [7, 11) is 4.03. The van der Waals surface area contributed by atoms with E-state index < -0.39 is 0 Å². The van der Waals surface area contributed by atoms with E-state index in [1.807, 2.05) is 44.4 Å². The Hall–Kier alpha value is -4.51. The highest BCUT2D eigenvalue weighted by molar-refractivity contribution is 5.94. The van der Waals surface area contributed by atoms with Gasteiger partial charge in [0.05, 0.1) is 35.7 Å². The number of hydrogen-bond donors (Lipinski definition) is 2. The summed E-state index contributed by atoms with van der Waals surface area (Å²) in [6, 6.07) is 13.2. The van der Waals surface area contributed by atoms with Gasteiger partial charge in [0.25, 0.3) is 5.91 Å². The van der Waals surface area contributed by atoms with Gasteiger partial charge in [0.1, 0.15) is 11.8 Å². The van der Waals surface area contributed by atoms with Gasteiger partial charge >= 0.3 is 0 Å². The van der Waals surface area contributed by atoms with Gasteiger partial charge in [-0.15, -0.1) is 5.11 Å². The second-order valence-corrected chi connectivity index (χ2v) is 8.58. The van der Waals surface area contributed by atoms with E-state index >= 15 is 0 Å². The molecule has 0 aliphatic heterocycles. The highest BCUT2D eigenvalue weighted by atomic mass is 16.1. The molecule has 0 radical (unpaired) electrons. The molecule has 2 N–H and O–H groups in total. The van der Waals surface area contributed by atoms with Crippen LogP contribution in [-0.4, -0.2) is 67.7 Å². The molecule has 0 atom stereocenters. The number of amides is 1. The fraction of sp³-hybridized carbons (Fsp3) is 0.240. The predicted molar refractivity (Wildman–Crippen MR) is 136 cm³/mol.